The van der Waals surface area contributed by atoms with Gasteiger partial charge in [-0.2, -0.15) is 0 Å². The summed E-state index contributed by atoms with van der Waals surface area (Å²) in [6, 6.07) is 6.85. The molecule has 2 heterocycles. The number of hydrogen-bond acceptors (Lipinski definition) is 3. The Labute approximate surface area is 142 Å². The summed E-state index contributed by atoms with van der Waals surface area (Å²) in [5.74, 6) is 2.00. The van der Waals surface area contributed by atoms with Gasteiger partial charge in [-0.25, -0.2) is 9.07 Å². The number of rotatable bonds is 5. The molecule has 1 aromatic carbocycles. The molecule has 0 amide bonds. The molecule has 0 radical (unpaired) electrons. The first kappa shape index (κ1) is 17.0. The van der Waals surface area contributed by atoms with Gasteiger partial charge >= 0.3 is 0 Å². The van der Waals surface area contributed by atoms with E-state index in [2.05, 4.69) is 36.3 Å². The van der Waals surface area contributed by atoms with Gasteiger partial charge in [-0.15, -0.1) is 5.10 Å². The first-order valence-electron chi connectivity index (χ1n) is 8.89. The number of aromatic nitrogens is 4. The molecule has 0 unspecified atom stereocenters. The average molecular weight is 332 g/mol. The van der Waals surface area contributed by atoms with E-state index in [1.54, 1.807) is 17.0 Å². The molecule has 1 aromatic heterocycles. The summed E-state index contributed by atoms with van der Waals surface area (Å²) in [6.07, 6.45) is 2.52. The first-order valence-corrected chi connectivity index (χ1v) is 8.89. The topological polar surface area (TPSA) is 48.0 Å². The Morgan fingerprint density at radius 3 is 2.50 bits per heavy atom. The summed E-state index contributed by atoms with van der Waals surface area (Å²) in [6.45, 7) is 9.75. The summed E-state index contributed by atoms with van der Waals surface area (Å²) < 4.78 is 15.0. The van der Waals surface area contributed by atoms with Crippen LogP contribution in [0.5, 0.6) is 0 Å². The van der Waals surface area contributed by atoms with Crippen molar-refractivity contribution in [1.82, 2.24) is 20.2 Å². The van der Waals surface area contributed by atoms with Crippen molar-refractivity contribution in [2.24, 2.45) is 11.8 Å². The molecule has 24 heavy (non-hydrogen) atoms. The molecule has 6 heteroatoms. The summed E-state index contributed by atoms with van der Waals surface area (Å²) in [4.78, 5) is 1.58. The van der Waals surface area contributed by atoms with Crippen molar-refractivity contribution < 1.29 is 9.29 Å². The highest BCUT2D eigenvalue weighted by Gasteiger charge is 2.34. The highest BCUT2D eigenvalue weighted by molar-refractivity contribution is 5.16. The predicted octanol–water partition coefficient (Wildman–Crippen LogP) is 1.87. The minimum atomic E-state index is -0.220. The summed E-state index contributed by atoms with van der Waals surface area (Å²) >= 11 is 0. The van der Waals surface area contributed by atoms with Crippen LogP contribution in [0.25, 0.3) is 0 Å². The Kier molecular flexibility index (Phi) is 5.23. The predicted molar refractivity (Wildman–Crippen MR) is 90.0 cm³/mol. The molecule has 3 rings (SSSR count). The largest absolute Gasteiger partial charge is 0.326 e. The number of piperidine rings is 1. The molecule has 1 fully saturated rings. The fraction of sp³-hybridized carbons (Fsp3) is 0.611. The minimum absolute atomic E-state index is 0.220. The Hall–Kier alpha value is -1.82. The highest BCUT2D eigenvalue weighted by atomic mass is 19.1. The second-order valence-electron chi connectivity index (χ2n) is 7.38. The van der Waals surface area contributed by atoms with Gasteiger partial charge in [0.25, 0.3) is 0 Å². The van der Waals surface area contributed by atoms with Crippen LogP contribution >= 0.6 is 0 Å². The van der Waals surface area contributed by atoms with E-state index in [1.165, 1.54) is 38.1 Å². The van der Waals surface area contributed by atoms with Crippen LogP contribution in [0.4, 0.5) is 4.39 Å². The van der Waals surface area contributed by atoms with Gasteiger partial charge in [0, 0.05) is 5.92 Å². The van der Waals surface area contributed by atoms with Gasteiger partial charge in [0.15, 0.2) is 6.04 Å². The maximum atomic E-state index is 13.1. The van der Waals surface area contributed by atoms with Crippen LogP contribution in [-0.2, 0) is 6.54 Å². The number of quaternary nitrogens is 1. The molecular weight excluding hydrogens is 305 g/mol. The van der Waals surface area contributed by atoms with Gasteiger partial charge in [-0.3, -0.25) is 0 Å². The summed E-state index contributed by atoms with van der Waals surface area (Å²) in [7, 11) is 0. The molecule has 0 spiro atoms. The molecule has 2 aromatic rings. The third kappa shape index (κ3) is 3.80. The van der Waals surface area contributed by atoms with Crippen LogP contribution in [0.1, 0.15) is 51.0 Å². The van der Waals surface area contributed by atoms with Gasteiger partial charge in [-0.05, 0) is 46.9 Å². The van der Waals surface area contributed by atoms with Crippen LogP contribution in [0.15, 0.2) is 24.3 Å². The number of likely N-dealkylation sites (tertiary alicyclic amines) is 1. The molecule has 1 aliphatic heterocycles. The lowest BCUT2D eigenvalue weighted by Crippen LogP contribution is -3.14. The second kappa shape index (κ2) is 7.38. The standard InChI is InChI=1S/C18H26FN5/c1-13(2)17(23-10-8-14(3)9-11-23)18-20-21-22-24(18)12-15-4-6-16(19)7-5-15/h4-7,13-14,17H,8-12H2,1-3H3/p+1/t17-/m1/s1. The maximum Gasteiger partial charge on any atom is 0.209 e. The number of benzene rings is 1. The number of nitrogens with zero attached hydrogens (tertiary/aromatic N) is 4. The maximum absolute atomic E-state index is 13.1. The van der Waals surface area contributed by atoms with Gasteiger partial charge in [0.1, 0.15) is 5.82 Å². The van der Waals surface area contributed by atoms with Gasteiger partial charge < -0.3 is 4.90 Å². The van der Waals surface area contributed by atoms with Crippen molar-refractivity contribution in [3.8, 4) is 0 Å². The highest BCUT2D eigenvalue weighted by Crippen LogP contribution is 2.19. The van der Waals surface area contributed by atoms with E-state index >= 15 is 0 Å². The fourth-order valence-corrected chi connectivity index (χ4v) is 3.71. The normalized spacial score (nSPS) is 22.7. The molecule has 130 valence electrons. The summed E-state index contributed by atoms with van der Waals surface area (Å²) in [5, 5.41) is 12.5. The molecule has 1 N–H and O–H groups in total. The van der Waals surface area contributed by atoms with Crippen molar-refractivity contribution in [2.45, 2.75) is 46.2 Å². The number of halogens is 1. The van der Waals surface area contributed by atoms with Gasteiger partial charge in [0.2, 0.25) is 5.82 Å². The van der Waals surface area contributed by atoms with E-state index in [0.29, 0.717) is 18.5 Å². The Morgan fingerprint density at radius 2 is 1.88 bits per heavy atom. The van der Waals surface area contributed by atoms with Crippen LogP contribution in [0.3, 0.4) is 0 Å². The lowest BCUT2D eigenvalue weighted by atomic mass is 9.94. The van der Waals surface area contributed by atoms with Crippen LogP contribution < -0.4 is 4.90 Å². The number of nitrogens with one attached hydrogen (secondary N) is 1. The fourth-order valence-electron chi connectivity index (χ4n) is 3.71. The SMILES string of the molecule is CC1CC[NH+]([C@@H](c2nnnn2Cc2ccc(F)cc2)C(C)C)CC1. The molecule has 5 nitrogen and oxygen atoms in total. The van der Waals surface area contributed by atoms with Crippen LogP contribution in [0, 0.1) is 17.7 Å². The molecule has 0 saturated carbocycles. The van der Waals surface area contributed by atoms with E-state index in [-0.39, 0.29) is 5.82 Å². The number of tetrazole rings is 1. The van der Waals surface area contributed by atoms with Gasteiger partial charge in [-0.1, -0.05) is 32.9 Å². The van der Waals surface area contributed by atoms with Crippen LogP contribution in [-0.4, -0.2) is 33.3 Å². The lowest BCUT2D eigenvalue weighted by molar-refractivity contribution is -0.942. The Morgan fingerprint density at radius 1 is 1.21 bits per heavy atom. The van der Waals surface area contributed by atoms with Gasteiger partial charge in [0.05, 0.1) is 19.6 Å². The Balaban J connectivity index is 1.81. The quantitative estimate of drug-likeness (QED) is 0.909. The molecule has 0 bridgehead atoms. The Bertz CT molecular complexity index is 644. The molecule has 1 aliphatic rings. The molecule has 1 saturated heterocycles. The van der Waals surface area contributed by atoms with E-state index in [1.807, 2.05) is 4.68 Å². The third-order valence-corrected chi connectivity index (χ3v) is 5.11. The smallest absolute Gasteiger partial charge is 0.209 e. The van der Waals surface area contributed by atoms with E-state index in [9.17, 15) is 4.39 Å². The van der Waals surface area contributed by atoms with Crippen molar-refractivity contribution in [1.29, 1.82) is 0 Å². The zero-order chi connectivity index (χ0) is 17.1. The van der Waals surface area contributed by atoms with Crippen molar-refractivity contribution in [2.75, 3.05) is 13.1 Å². The molecule has 1 atom stereocenters. The average Bonchev–Trinajstić information content (AvgIpc) is 2.99. The zero-order valence-corrected chi connectivity index (χ0v) is 14.7. The first-order chi connectivity index (χ1) is 11.5. The minimum Gasteiger partial charge on any atom is -0.326 e. The lowest BCUT2D eigenvalue weighted by Gasteiger charge is -2.34. The third-order valence-electron chi connectivity index (χ3n) is 5.11. The summed E-state index contributed by atoms with van der Waals surface area (Å²) in [5.41, 5.74) is 1.01. The molecule has 0 aliphatic carbocycles. The monoisotopic (exact) mass is 332 g/mol. The van der Waals surface area contributed by atoms with Crippen molar-refractivity contribution in [3.63, 3.8) is 0 Å². The second-order valence-corrected chi connectivity index (χ2v) is 7.38. The van der Waals surface area contributed by atoms with Crippen molar-refractivity contribution in [3.05, 3.63) is 41.5 Å². The van der Waals surface area contributed by atoms with Crippen molar-refractivity contribution >= 4 is 0 Å². The zero-order valence-electron chi connectivity index (χ0n) is 14.7. The van der Waals surface area contributed by atoms with E-state index < -0.39 is 0 Å². The molecular formula is C18H27FN5+. The van der Waals surface area contributed by atoms with E-state index in [4.69, 9.17) is 0 Å². The van der Waals surface area contributed by atoms with E-state index in [0.717, 1.165) is 17.3 Å². The number of hydrogen-bond donors (Lipinski definition) is 1. The van der Waals surface area contributed by atoms with Crippen LogP contribution in [0.2, 0.25) is 0 Å².